The maximum atomic E-state index is 12.0. The number of ether oxygens (including phenoxy) is 1. The zero-order chi connectivity index (χ0) is 13.9. The lowest BCUT2D eigenvalue weighted by Gasteiger charge is -2.09. The standard InChI is InChI=1S/C12H6F3N3O/c13-12(14,15)19-10-3-1-8(2-4-10)9-6-17-11(5-16)18-7-9/h1-4,6-7H. The highest BCUT2D eigenvalue weighted by Crippen LogP contribution is 2.25. The first-order valence-corrected chi connectivity index (χ1v) is 5.06. The molecule has 0 fully saturated rings. The Labute approximate surface area is 106 Å². The van der Waals surface area contributed by atoms with Crippen LogP contribution in [0.4, 0.5) is 13.2 Å². The molecule has 96 valence electrons. The molecule has 2 aromatic rings. The van der Waals surface area contributed by atoms with Crippen molar-refractivity contribution in [2.24, 2.45) is 0 Å². The molecule has 1 aromatic carbocycles. The van der Waals surface area contributed by atoms with Crippen molar-refractivity contribution in [1.29, 1.82) is 5.26 Å². The second-order valence-electron chi connectivity index (χ2n) is 3.48. The predicted molar refractivity (Wildman–Crippen MR) is 58.9 cm³/mol. The maximum absolute atomic E-state index is 12.0. The molecule has 0 spiro atoms. The lowest BCUT2D eigenvalue weighted by atomic mass is 10.1. The van der Waals surface area contributed by atoms with Gasteiger partial charge in [0.15, 0.2) is 0 Å². The molecule has 19 heavy (non-hydrogen) atoms. The fraction of sp³-hybridized carbons (Fsp3) is 0.0833. The van der Waals surface area contributed by atoms with E-state index in [1.165, 1.54) is 36.7 Å². The van der Waals surface area contributed by atoms with Crippen LogP contribution in [0.15, 0.2) is 36.7 Å². The molecule has 1 aromatic heterocycles. The number of nitriles is 1. The van der Waals surface area contributed by atoms with Gasteiger partial charge in [-0.2, -0.15) is 5.26 Å². The molecule has 0 bridgehead atoms. The van der Waals surface area contributed by atoms with Crippen molar-refractivity contribution >= 4 is 0 Å². The van der Waals surface area contributed by atoms with Crippen molar-refractivity contribution < 1.29 is 17.9 Å². The van der Waals surface area contributed by atoms with E-state index in [2.05, 4.69) is 14.7 Å². The third-order valence-corrected chi connectivity index (χ3v) is 2.17. The summed E-state index contributed by atoms with van der Waals surface area (Å²) in [6, 6.07) is 7.06. The van der Waals surface area contributed by atoms with Gasteiger partial charge >= 0.3 is 6.36 Å². The van der Waals surface area contributed by atoms with E-state index >= 15 is 0 Å². The van der Waals surface area contributed by atoms with Crippen LogP contribution in [0.2, 0.25) is 0 Å². The minimum absolute atomic E-state index is 0.0285. The second kappa shape index (κ2) is 4.94. The van der Waals surface area contributed by atoms with Gasteiger partial charge in [-0.1, -0.05) is 12.1 Å². The van der Waals surface area contributed by atoms with Crippen LogP contribution < -0.4 is 4.74 Å². The van der Waals surface area contributed by atoms with Gasteiger partial charge in [-0.3, -0.25) is 0 Å². The molecular formula is C12H6F3N3O. The highest BCUT2D eigenvalue weighted by atomic mass is 19.4. The molecule has 0 aliphatic carbocycles. The molecule has 4 nitrogen and oxygen atoms in total. The van der Waals surface area contributed by atoms with E-state index < -0.39 is 6.36 Å². The van der Waals surface area contributed by atoms with Crippen LogP contribution in [-0.4, -0.2) is 16.3 Å². The van der Waals surface area contributed by atoms with Gasteiger partial charge in [0, 0.05) is 18.0 Å². The van der Waals surface area contributed by atoms with E-state index in [-0.39, 0.29) is 11.6 Å². The smallest absolute Gasteiger partial charge is 0.406 e. The zero-order valence-electron chi connectivity index (χ0n) is 9.35. The molecule has 7 heteroatoms. The van der Waals surface area contributed by atoms with E-state index in [1.807, 2.05) is 0 Å². The van der Waals surface area contributed by atoms with Gasteiger partial charge in [0.2, 0.25) is 5.82 Å². The summed E-state index contributed by atoms with van der Waals surface area (Å²) in [6.45, 7) is 0. The molecule has 0 saturated heterocycles. The summed E-state index contributed by atoms with van der Waals surface area (Å²) in [4.78, 5) is 7.54. The van der Waals surface area contributed by atoms with Gasteiger partial charge in [0.1, 0.15) is 11.8 Å². The van der Waals surface area contributed by atoms with E-state index in [9.17, 15) is 13.2 Å². The van der Waals surface area contributed by atoms with Crippen molar-refractivity contribution in [3.8, 4) is 22.9 Å². The topological polar surface area (TPSA) is 58.8 Å². The monoisotopic (exact) mass is 265 g/mol. The Bertz CT molecular complexity index is 600. The third kappa shape index (κ3) is 3.42. The minimum atomic E-state index is -4.71. The lowest BCUT2D eigenvalue weighted by Crippen LogP contribution is -2.16. The summed E-state index contributed by atoms with van der Waals surface area (Å²) in [5.74, 6) is -0.272. The number of halogens is 3. The number of hydrogen-bond donors (Lipinski definition) is 0. The molecule has 0 radical (unpaired) electrons. The molecule has 0 aliphatic rings. The molecule has 0 unspecified atom stereocenters. The van der Waals surface area contributed by atoms with E-state index in [1.54, 1.807) is 6.07 Å². The summed E-state index contributed by atoms with van der Waals surface area (Å²) in [7, 11) is 0. The highest BCUT2D eigenvalue weighted by molar-refractivity contribution is 5.62. The first kappa shape index (κ1) is 12.8. The summed E-state index contributed by atoms with van der Waals surface area (Å²) in [5, 5.41) is 8.55. The van der Waals surface area contributed by atoms with E-state index in [0.29, 0.717) is 11.1 Å². The predicted octanol–water partition coefficient (Wildman–Crippen LogP) is 2.91. The number of rotatable bonds is 2. The largest absolute Gasteiger partial charge is 0.573 e. The van der Waals surface area contributed by atoms with Crippen LogP contribution in [0.3, 0.4) is 0 Å². The number of benzene rings is 1. The summed E-state index contributed by atoms with van der Waals surface area (Å²) >= 11 is 0. The number of alkyl halides is 3. The Morgan fingerprint density at radius 1 is 1.00 bits per heavy atom. The lowest BCUT2D eigenvalue weighted by molar-refractivity contribution is -0.274. The first-order chi connectivity index (χ1) is 8.98. The molecule has 0 aliphatic heterocycles. The van der Waals surface area contributed by atoms with Gasteiger partial charge in [-0.05, 0) is 17.7 Å². The Morgan fingerprint density at radius 2 is 1.58 bits per heavy atom. The summed E-state index contributed by atoms with van der Waals surface area (Å²) < 4.78 is 39.7. The van der Waals surface area contributed by atoms with E-state index in [0.717, 1.165) is 0 Å². The van der Waals surface area contributed by atoms with Gasteiger partial charge in [0.05, 0.1) is 0 Å². The van der Waals surface area contributed by atoms with Crippen LogP contribution in [0.25, 0.3) is 11.1 Å². The summed E-state index contributed by atoms with van der Waals surface area (Å²) in [6.07, 6.45) is -1.87. The Balaban J connectivity index is 2.20. The maximum Gasteiger partial charge on any atom is 0.573 e. The highest BCUT2D eigenvalue weighted by Gasteiger charge is 2.30. The van der Waals surface area contributed by atoms with Crippen LogP contribution in [0.1, 0.15) is 5.82 Å². The van der Waals surface area contributed by atoms with Crippen molar-refractivity contribution in [2.45, 2.75) is 6.36 Å². The second-order valence-corrected chi connectivity index (χ2v) is 3.48. The first-order valence-electron chi connectivity index (χ1n) is 5.06. The van der Waals surface area contributed by atoms with Crippen LogP contribution >= 0.6 is 0 Å². The number of nitrogens with zero attached hydrogens (tertiary/aromatic N) is 3. The molecular weight excluding hydrogens is 259 g/mol. The van der Waals surface area contributed by atoms with Crippen molar-refractivity contribution in [2.75, 3.05) is 0 Å². The summed E-state index contributed by atoms with van der Waals surface area (Å²) in [5.41, 5.74) is 1.22. The van der Waals surface area contributed by atoms with Gasteiger partial charge in [-0.25, -0.2) is 9.97 Å². The Kier molecular flexibility index (Phi) is 3.33. The third-order valence-electron chi connectivity index (χ3n) is 2.17. The van der Waals surface area contributed by atoms with Crippen LogP contribution in [0, 0.1) is 11.3 Å². The molecule has 0 atom stereocenters. The average molecular weight is 265 g/mol. The number of hydrogen-bond acceptors (Lipinski definition) is 4. The van der Waals surface area contributed by atoms with Crippen molar-refractivity contribution in [3.63, 3.8) is 0 Å². The average Bonchev–Trinajstić information content (AvgIpc) is 2.38. The molecule has 0 saturated carbocycles. The molecule has 0 amide bonds. The van der Waals surface area contributed by atoms with Crippen molar-refractivity contribution in [3.05, 3.63) is 42.5 Å². The number of aromatic nitrogens is 2. The molecule has 2 rings (SSSR count). The zero-order valence-corrected chi connectivity index (χ0v) is 9.35. The van der Waals surface area contributed by atoms with Crippen LogP contribution in [-0.2, 0) is 0 Å². The molecule has 1 heterocycles. The SMILES string of the molecule is N#Cc1ncc(-c2ccc(OC(F)(F)F)cc2)cn1. The fourth-order valence-electron chi connectivity index (χ4n) is 1.38. The minimum Gasteiger partial charge on any atom is -0.406 e. The van der Waals surface area contributed by atoms with Crippen molar-refractivity contribution in [1.82, 2.24) is 9.97 Å². The quantitative estimate of drug-likeness (QED) is 0.837. The normalized spacial score (nSPS) is 10.8. The van der Waals surface area contributed by atoms with Crippen LogP contribution in [0.5, 0.6) is 5.75 Å². The fourth-order valence-corrected chi connectivity index (χ4v) is 1.38. The van der Waals surface area contributed by atoms with Gasteiger partial charge in [-0.15, -0.1) is 13.2 Å². The Morgan fingerprint density at radius 3 is 2.05 bits per heavy atom. The molecule has 0 N–H and O–H groups in total. The van der Waals surface area contributed by atoms with Gasteiger partial charge < -0.3 is 4.74 Å². The Hall–Kier alpha value is -2.62. The van der Waals surface area contributed by atoms with E-state index in [4.69, 9.17) is 5.26 Å². The van der Waals surface area contributed by atoms with Gasteiger partial charge in [0.25, 0.3) is 0 Å².